The fourth-order valence-corrected chi connectivity index (χ4v) is 1.26. The van der Waals surface area contributed by atoms with Crippen molar-refractivity contribution in [1.82, 2.24) is 0 Å². The van der Waals surface area contributed by atoms with E-state index >= 15 is 0 Å². The van der Waals surface area contributed by atoms with Crippen molar-refractivity contribution in [3.8, 4) is 5.75 Å². The van der Waals surface area contributed by atoms with Crippen LogP contribution in [0.15, 0.2) is 42.0 Å². The molecule has 0 aromatic heterocycles. The maximum atomic E-state index is 10.8. The van der Waals surface area contributed by atoms with E-state index in [-0.39, 0.29) is 0 Å². The minimum atomic E-state index is -0.714. The molecular formula is C13H16O4. The summed E-state index contributed by atoms with van der Waals surface area (Å²) in [6, 6.07) is 9.54. The molecule has 1 rings (SSSR count). The first kappa shape index (κ1) is 13.3. The molecule has 0 fully saturated rings. The number of para-hydroxylation sites is 1. The molecule has 0 amide bonds. The summed E-state index contributed by atoms with van der Waals surface area (Å²) in [4.78, 5) is 14.4. The Morgan fingerprint density at radius 2 is 2.06 bits per heavy atom. The van der Waals surface area contributed by atoms with Crippen molar-refractivity contribution in [2.24, 2.45) is 0 Å². The van der Waals surface area contributed by atoms with Crippen molar-refractivity contribution in [3.63, 3.8) is 0 Å². The van der Waals surface area contributed by atoms with E-state index in [2.05, 4.69) is 4.89 Å². The second-order valence-corrected chi connectivity index (χ2v) is 3.57. The zero-order valence-electron chi connectivity index (χ0n) is 9.76. The molecule has 92 valence electrons. The lowest BCUT2D eigenvalue weighted by Gasteiger charge is -2.04. The van der Waals surface area contributed by atoms with E-state index < -0.39 is 5.97 Å². The summed E-state index contributed by atoms with van der Waals surface area (Å²) >= 11 is 0. The zero-order chi connectivity index (χ0) is 12.5. The molecule has 0 saturated heterocycles. The molecule has 0 saturated carbocycles. The minimum Gasteiger partial charge on any atom is -0.494 e. The van der Waals surface area contributed by atoms with E-state index in [0.717, 1.165) is 12.2 Å². The largest absolute Gasteiger partial charge is 0.494 e. The molecule has 17 heavy (non-hydrogen) atoms. The van der Waals surface area contributed by atoms with Crippen LogP contribution in [0.1, 0.15) is 19.8 Å². The van der Waals surface area contributed by atoms with E-state index in [9.17, 15) is 4.79 Å². The van der Waals surface area contributed by atoms with Crippen LogP contribution in [0, 0.1) is 0 Å². The maximum Gasteiger partial charge on any atom is 0.368 e. The average Bonchev–Trinajstić information content (AvgIpc) is 2.38. The monoisotopic (exact) mass is 236 g/mol. The summed E-state index contributed by atoms with van der Waals surface area (Å²) in [6.07, 6.45) is 3.21. The summed E-state index contributed by atoms with van der Waals surface area (Å²) in [7, 11) is 0. The molecule has 0 aliphatic carbocycles. The first-order valence-electron chi connectivity index (χ1n) is 5.44. The fourth-order valence-electron chi connectivity index (χ4n) is 1.26. The van der Waals surface area contributed by atoms with Gasteiger partial charge in [-0.15, -0.1) is 0 Å². The highest BCUT2D eigenvalue weighted by atomic mass is 17.1. The van der Waals surface area contributed by atoms with Crippen molar-refractivity contribution in [1.29, 1.82) is 0 Å². The van der Waals surface area contributed by atoms with Gasteiger partial charge in [-0.3, -0.25) is 4.89 Å². The van der Waals surface area contributed by atoms with Gasteiger partial charge >= 0.3 is 5.97 Å². The topological polar surface area (TPSA) is 55.8 Å². The summed E-state index contributed by atoms with van der Waals surface area (Å²) < 4.78 is 5.48. The summed E-state index contributed by atoms with van der Waals surface area (Å²) in [6.45, 7) is 2.18. The number of hydrogen-bond donors (Lipinski definition) is 1. The zero-order valence-corrected chi connectivity index (χ0v) is 9.76. The number of allylic oxidation sites excluding steroid dienone is 1. The Bertz CT molecular complexity index is 370. The highest BCUT2D eigenvalue weighted by Gasteiger charge is 2.03. The normalized spacial score (nSPS) is 11.1. The molecule has 0 atom stereocenters. The number of hydrogen-bond acceptors (Lipinski definition) is 4. The van der Waals surface area contributed by atoms with E-state index in [1.807, 2.05) is 30.3 Å². The third-order valence-corrected chi connectivity index (χ3v) is 2.22. The molecule has 1 aromatic rings. The molecule has 4 heteroatoms. The molecular weight excluding hydrogens is 220 g/mol. The van der Waals surface area contributed by atoms with Crippen LogP contribution in [0.3, 0.4) is 0 Å². The maximum absolute atomic E-state index is 10.8. The van der Waals surface area contributed by atoms with Crippen LogP contribution in [0.4, 0.5) is 0 Å². The van der Waals surface area contributed by atoms with Gasteiger partial charge in [-0.1, -0.05) is 24.3 Å². The second kappa shape index (κ2) is 7.46. The van der Waals surface area contributed by atoms with Gasteiger partial charge in [0.15, 0.2) is 0 Å². The lowest BCUT2D eigenvalue weighted by atomic mass is 10.2. The molecule has 0 unspecified atom stereocenters. The fraction of sp³-hybridized carbons (Fsp3) is 0.308. The van der Waals surface area contributed by atoms with Gasteiger partial charge in [0.2, 0.25) is 0 Å². The van der Waals surface area contributed by atoms with Crippen LogP contribution >= 0.6 is 0 Å². The van der Waals surface area contributed by atoms with Crippen LogP contribution in [-0.2, 0) is 9.68 Å². The second-order valence-electron chi connectivity index (χ2n) is 3.57. The first-order valence-corrected chi connectivity index (χ1v) is 5.44. The lowest BCUT2D eigenvalue weighted by Crippen LogP contribution is -2.02. The number of carbonyl (C=O) groups excluding carboxylic acids is 1. The van der Waals surface area contributed by atoms with Gasteiger partial charge in [-0.2, -0.15) is 5.26 Å². The lowest BCUT2D eigenvalue weighted by molar-refractivity contribution is -0.229. The highest BCUT2D eigenvalue weighted by Crippen LogP contribution is 2.09. The van der Waals surface area contributed by atoms with Crippen LogP contribution in [0.2, 0.25) is 0 Å². The summed E-state index contributed by atoms with van der Waals surface area (Å²) in [5, 5.41) is 8.14. The molecule has 1 aromatic carbocycles. The Morgan fingerprint density at radius 3 is 2.71 bits per heavy atom. The van der Waals surface area contributed by atoms with Gasteiger partial charge in [0.1, 0.15) is 5.75 Å². The Kier molecular flexibility index (Phi) is 5.82. The Balaban J connectivity index is 2.19. The SMILES string of the molecule is CC(=CCCCOc1ccccc1)C(=O)OO. The third kappa shape index (κ3) is 5.17. The molecule has 4 nitrogen and oxygen atoms in total. The molecule has 0 bridgehead atoms. The number of benzene rings is 1. The van der Waals surface area contributed by atoms with Crippen LogP contribution in [-0.4, -0.2) is 17.8 Å². The molecule has 0 radical (unpaired) electrons. The van der Waals surface area contributed by atoms with E-state index in [1.54, 1.807) is 13.0 Å². The standard InChI is InChI=1S/C13H16O4/c1-11(13(14)17-15)7-5-6-10-16-12-8-3-2-4-9-12/h2-4,7-9,15H,5-6,10H2,1H3. The van der Waals surface area contributed by atoms with Gasteiger partial charge < -0.3 is 4.74 Å². The highest BCUT2D eigenvalue weighted by molar-refractivity contribution is 5.87. The number of unbranched alkanes of at least 4 members (excludes halogenated alkanes) is 1. The Hall–Kier alpha value is -1.81. The van der Waals surface area contributed by atoms with Gasteiger partial charge in [0, 0.05) is 5.57 Å². The van der Waals surface area contributed by atoms with E-state index in [4.69, 9.17) is 9.99 Å². The molecule has 0 aliphatic rings. The van der Waals surface area contributed by atoms with Gasteiger partial charge in [-0.05, 0) is 31.9 Å². The van der Waals surface area contributed by atoms with E-state index in [0.29, 0.717) is 18.6 Å². The minimum absolute atomic E-state index is 0.396. The molecule has 0 spiro atoms. The summed E-state index contributed by atoms with van der Waals surface area (Å²) in [5.74, 6) is 0.122. The average molecular weight is 236 g/mol. The van der Waals surface area contributed by atoms with Gasteiger partial charge in [0.25, 0.3) is 0 Å². The van der Waals surface area contributed by atoms with Crippen molar-refractivity contribution in [2.75, 3.05) is 6.61 Å². The van der Waals surface area contributed by atoms with Crippen LogP contribution < -0.4 is 4.74 Å². The molecule has 0 heterocycles. The molecule has 1 N–H and O–H groups in total. The summed E-state index contributed by atoms with van der Waals surface area (Å²) in [5.41, 5.74) is 0.396. The van der Waals surface area contributed by atoms with Crippen LogP contribution in [0.5, 0.6) is 5.75 Å². The Morgan fingerprint density at radius 1 is 1.35 bits per heavy atom. The van der Waals surface area contributed by atoms with Crippen molar-refractivity contribution < 1.29 is 19.7 Å². The van der Waals surface area contributed by atoms with Crippen molar-refractivity contribution in [2.45, 2.75) is 19.8 Å². The number of ether oxygens (including phenoxy) is 1. The van der Waals surface area contributed by atoms with Gasteiger partial charge in [-0.25, -0.2) is 4.79 Å². The predicted octanol–water partition coefficient (Wildman–Crippen LogP) is 2.81. The quantitative estimate of drug-likeness (QED) is 0.357. The van der Waals surface area contributed by atoms with Crippen molar-refractivity contribution in [3.05, 3.63) is 42.0 Å². The molecule has 0 aliphatic heterocycles. The van der Waals surface area contributed by atoms with Crippen LogP contribution in [0.25, 0.3) is 0 Å². The van der Waals surface area contributed by atoms with Crippen molar-refractivity contribution >= 4 is 5.97 Å². The smallest absolute Gasteiger partial charge is 0.368 e. The number of carbonyl (C=O) groups is 1. The van der Waals surface area contributed by atoms with Gasteiger partial charge in [0.05, 0.1) is 6.61 Å². The van der Waals surface area contributed by atoms with E-state index in [1.165, 1.54) is 0 Å². The Labute approximate surface area is 100 Å². The number of rotatable bonds is 6. The third-order valence-electron chi connectivity index (χ3n) is 2.22. The first-order chi connectivity index (χ1) is 8.24. The predicted molar refractivity (Wildman–Crippen MR) is 63.6 cm³/mol.